The van der Waals surface area contributed by atoms with Gasteiger partial charge in [-0.1, -0.05) is 6.07 Å². The van der Waals surface area contributed by atoms with Gasteiger partial charge in [0.2, 0.25) is 0 Å². The zero-order valence-corrected chi connectivity index (χ0v) is 13.2. The molecule has 0 aliphatic rings. The first-order valence-electron chi connectivity index (χ1n) is 7.18. The highest BCUT2D eigenvalue weighted by Gasteiger charge is 2.17. The van der Waals surface area contributed by atoms with Gasteiger partial charge in [0.05, 0.1) is 12.2 Å². The molecule has 0 unspecified atom stereocenters. The van der Waals surface area contributed by atoms with Crippen molar-refractivity contribution in [1.29, 1.82) is 0 Å². The van der Waals surface area contributed by atoms with Crippen LogP contribution in [0, 0.1) is 5.82 Å². The number of hydrogen-bond donors (Lipinski definition) is 0. The Morgan fingerprint density at radius 3 is 2.57 bits per heavy atom. The monoisotopic (exact) mass is 326 g/mol. The van der Waals surface area contributed by atoms with Gasteiger partial charge in [-0.3, -0.25) is 9.78 Å². The second-order valence-electron chi connectivity index (χ2n) is 5.12. The van der Waals surface area contributed by atoms with E-state index in [4.69, 9.17) is 0 Å². The minimum absolute atomic E-state index is 0.137. The summed E-state index contributed by atoms with van der Waals surface area (Å²) in [6.07, 6.45) is 1.71. The number of hydrogen-bond acceptors (Lipinski definition) is 3. The lowest BCUT2D eigenvalue weighted by Gasteiger charge is -2.22. The fourth-order valence-electron chi connectivity index (χ4n) is 2.26. The molecule has 0 spiro atoms. The highest BCUT2D eigenvalue weighted by atomic mass is 32.1. The summed E-state index contributed by atoms with van der Waals surface area (Å²) in [5, 5.41) is 4.00. The van der Waals surface area contributed by atoms with Gasteiger partial charge in [0.15, 0.2) is 0 Å². The Morgan fingerprint density at radius 2 is 1.91 bits per heavy atom. The van der Waals surface area contributed by atoms with Crippen molar-refractivity contribution in [2.24, 2.45) is 0 Å². The minimum atomic E-state index is -0.351. The molecule has 2 heterocycles. The number of carbonyl (C=O) groups is 1. The van der Waals surface area contributed by atoms with Crippen molar-refractivity contribution in [3.8, 4) is 0 Å². The molecular formula is C18H15FN2OS. The number of carbonyl (C=O) groups excluding carboxylic acids is 1. The number of halogens is 1. The number of amides is 1. The molecule has 116 valence electrons. The van der Waals surface area contributed by atoms with E-state index in [2.05, 4.69) is 4.98 Å². The standard InChI is InChI=1S/C18H15FN2OS/c19-16-6-4-15(5-7-16)18(22)21(11-14-8-10-23-13-14)12-17-3-1-2-9-20-17/h1-10,13H,11-12H2. The van der Waals surface area contributed by atoms with E-state index in [1.54, 1.807) is 22.4 Å². The van der Waals surface area contributed by atoms with Crippen LogP contribution in [-0.2, 0) is 13.1 Å². The Labute approximate surface area is 138 Å². The zero-order valence-electron chi connectivity index (χ0n) is 12.4. The molecule has 3 aromatic rings. The van der Waals surface area contributed by atoms with Gasteiger partial charge in [0.1, 0.15) is 5.82 Å². The van der Waals surface area contributed by atoms with Crippen molar-refractivity contribution < 1.29 is 9.18 Å². The third-order valence-electron chi connectivity index (χ3n) is 3.41. The SMILES string of the molecule is O=C(c1ccc(F)cc1)N(Cc1ccsc1)Cc1ccccn1. The second kappa shape index (κ2) is 7.15. The number of aromatic nitrogens is 1. The predicted octanol–water partition coefficient (Wildman–Crippen LogP) is 4.12. The van der Waals surface area contributed by atoms with Crippen LogP contribution in [-0.4, -0.2) is 15.8 Å². The maximum absolute atomic E-state index is 13.1. The third-order valence-corrected chi connectivity index (χ3v) is 4.14. The molecule has 0 N–H and O–H groups in total. The van der Waals surface area contributed by atoms with Crippen LogP contribution in [0.15, 0.2) is 65.5 Å². The quantitative estimate of drug-likeness (QED) is 0.706. The molecule has 3 rings (SSSR count). The van der Waals surface area contributed by atoms with Crippen molar-refractivity contribution in [1.82, 2.24) is 9.88 Å². The van der Waals surface area contributed by atoms with Crippen LogP contribution >= 0.6 is 11.3 Å². The summed E-state index contributed by atoms with van der Waals surface area (Å²) in [4.78, 5) is 18.8. The second-order valence-corrected chi connectivity index (χ2v) is 5.90. The van der Waals surface area contributed by atoms with Crippen molar-refractivity contribution in [2.75, 3.05) is 0 Å². The van der Waals surface area contributed by atoms with Crippen LogP contribution in [0.25, 0.3) is 0 Å². The van der Waals surface area contributed by atoms with Crippen LogP contribution in [0.4, 0.5) is 4.39 Å². The zero-order chi connectivity index (χ0) is 16.1. The summed E-state index contributed by atoms with van der Waals surface area (Å²) in [5.74, 6) is -0.488. The number of benzene rings is 1. The van der Waals surface area contributed by atoms with Gasteiger partial charge in [0.25, 0.3) is 5.91 Å². The first-order valence-corrected chi connectivity index (χ1v) is 8.12. The summed E-state index contributed by atoms with van der Waals surface area (Å²) in [6, 6.07) is 13.2. The number of nitrogens with zero attached hydrogens (tertiary/aromatic N) is 2. The topological polar surface area (TPSA) is 33.2 Å². The van der Waals surface area contributed by atoms with Gasteiger partial charge in [-0.2, -0.15) is 11.3 Å². The van der Waals surface area contributed by atoms with Gasteiger partial charge >= 0.3 is 0 Å². The summed E-state index contributed by atoms with van der Waals surface area (Å²) in [6.45, 7) is 0.906. The van der Waals surface area contributed by atoms with Gasteiger partial charge < -0.3 is 4.90 Å². The van der Waals surface area contributed by atoms with E-state index in [9.17, 15) is 9.18 Å². The molecule has 5 heteroatoms. The molecule has 0 saturated heterocycles. The lowest BCUT2D eigenvalue weighted by atomic mass is 10.1. The first-order chi connectivity index (χ1) is 11.2. The Morgan fingerprint density at radius 1 is 1.09 bits per heavy atom. The number of thiophene rings is 1. The molecule has 1 amide bonds. The van der Waals surface area contributed by atoms with Crippen LogP contribution in [0.1, 0.15) is 21.6 Å². The van der Waals surface area contributed by atoms with E-state index >= 15 is 0 Å². The minimum Gasteiger partial charge on any atom is -0.328 e. The van der Waals surface area contributed by atoms with E-state index < -0.39 is 0 Å². The average molecular weight is 326 g/mol. The van der Waals surface area contributed by atoms with Crippen LogP contribution in [0.5, 0.6) is 0 Å². The highest BCUT2D eigenvalue weighted by molar-refractivity contribution is 7.07. The molecular weight excluding hydrogens is 311 g/mol. The maximum Gasteiger partial charge on any atom is 0.254 e. The largest absolute Gasteiger partial charge is 0.328 e. The molecule has 23 heavy (non-hydrogen) atoms. The molecule has 2 aromatic heterocycles. The van der Waals surface area contributed by atoms with E-state index in [0.29, 0.717) is 18.7 Å². The normalized spacial score (nSPS) is 10.5. The molecule has 3 nitrogen and oxygen atoms in total. The van der Waals surface area contributed by atoms with Crippen molar-refractivity contribution >= 4 is 17.2 Å². The predicted molar refractivity (Wildman–Crippen MR) is 88.5 cm³/mol. The molecule has 0 bridgehead atoms. The average Bonchev–Trinajstić information content (AvgIpc) is 3.08. The summed E-state index contributed by atoms with van der Waals surface area (Å²) in [7, 11) is 0. The number of pyridine rings is 1. The van der Waals surface area contributed by atoms with Crippen LogP contribution < -0.4 is 0 Å². The fourth-order valence-corrected chi connectivity index (χ4v) is 2.92. The van der Waals surface area contributed by atoms with E-state index in [-0.39, 0.29) is 11.7 Å². The summed E-state index contributed by atoms with van der Waals surface area (Å²) < 4.78 is 13.1. The van der Waals surface area contributed by atoms with Crippen LogP contribution in [0.2, 0.25) is 0 Å². The summed E-state index contributed by atoms with van der Waals surface area (Å²) in [5.41, 5.74) is 2.36. The van der Waals surface area contributed by atoms with Crippen LogP contribution in [0.3, 0.4) is 0 Å². The lowest BCUT2D eigenvalue weighted by molar-refractivity contribution is 0.0728. The molecule has 0 aliphatic carbocycles. The highest BCUT2D eigenvalue weighted by Crippen LogP contribution is 2.15. The lowest BCUT2D eigenvalue weighted by Crippen LogP contribution is -2.30. The van der Waals surface area contributed by atoms with E-state index in [1.165, 1.54) is 24.3 Å². The maximum atomic E-state index is 13.1. The Hall–Kier alpha value is -2.53. The van der Waals surface area contributed by atoms with Crippen molar-refractivity contribution in [3.63, 3.8) is 0 Å². The Kier molecular flexibility index (Phi) is 4.78. The summed E-state index contributed by atoms with van der Waals surface area (Å²) >= 11 is 1.59. The first kappa shape index (κ1) is 15.4. The van der Waals surface area contributed by atoms with Gasteiger partial charge in [-0.05, 0) is 58.8 Å². The van der Waals surface area contributed by atoms with Gasteiger partial charge in [-0.15, -0.1) is 0 Å². The molecule has 0 radical (unpaired) electrons. The molecule has 1 aromatic carbocycles. The molecule has 0 atom stereocenters. The van der Waals surface area contributed by atoms with E-state index in [1.807, 2.05) is 35.0 Å². The molecule has 0 aliphatic heterocycles. The molecule has 0 saturated carbocycles. The van der Waals surface area contributed by atoms with Crippen molar-refractivity contribution in [3.05, 3.63) is 88.1 Å². The fraction of sp³-hybridized carbons (Fsp3) is 0.111. The smallest absolute Gasteiger partial charge is 0.254 e. The van der Waals surface area contributed by atoms with E-state index in [0.717, 1.165) is 11.3 Å². The third kappa shape index (κ3) is 4.02. The van der Waals surface area contributed by atoms with Gasteiger partial charge in [0, 0.05) is 18.3 Å². The van der Waals surface area contributed by atoms with Crippen molar-refractivity contribution in [2.45, 2.75) is 13.1 Å². The molecule has 0 fully saturated rings. The Balaban J connectivity index is 1.84. The number of rotatable bonds is 5. The Bertz CT molecular complexity index is 757. The van der Waals surface area contributed by atoms with Gasteiger partial charge in [-0.25, -0.2) is 4.39 Å².